The minimum atomic E-state index is -0.534. The van der Waals surface area contributed by atoms with Gasteiger partial charge >= 0.3 is 0 Å². The monoisotopic (exact) mass is 462 g/mol. The fourth-order valence-electron chi connectivity index (χ4n) is 7.17. The Morgan fingerprint density at radius 1 is 0.941 bits per heavy atom. The molecule has 34 heavy (non-hydrogen) atoms. The highest BCUT2D eigenvalue weighted by Gasteiger charge is 2.51. The molecule has 0 aromatic heterocycles. The molecule has 0 radical (unpaired) electrons. The van der Waals surface area contributed by atoms with Gasteiger partial charge in [-0.1, -0.05) is 42.5 Å². The maximum absolute atomic E-state index is 10.4. The Morgan fingerprint density at radius 3 is 2.18 bits per heavy atom. The number of rotatable bonds is 11. The van der Waals surface area contributed by atoms with E-state index in [1.165, 1.54) is 49.7 Å². The van der Waals surface area contributed by atoms with Crippen LogP contribution in [-0.2, 0) is 12.0 Å². The van der Waals surface area contributed by atoms with E-state index in [9.17, 15) is 5.11 Å². The first-order valence-electron chi connectivity index (χ1n) is 13.3. The van der Waals surface area contributed by atoms with Crippen molar-refractivity contribution in [2.45, 2.75) is 76.0 Å². The van der Waals surface area contributed by atoms with Gasteiger partial charge in [0.05, 0.1) is 0 Å². The lowest BCUT2D eigenvalue weighted by Gasteiger charge is -2.57. The SMILES string of the molecule is CC(C)(CNC[C@@H](O)COc1ccc(C23CC4CC(CC(C4)C2)C3)cc1)NCc1ccccc1. The molecule has 4 bridgehead atoms. The quantitative estimate of drug-likeness (QED) is 0.437. The summed E-state index contributed by atoms with van der Waals surface area (Å²) in [5.41, 5.74) is 3.16. The van der Waals surface area contributed by atoms with E-state index in [1.54, 1.807) is 0 Å². The molecule has 2 aromatic rings. The largest absolute Gasteiger partial charge is 0.491 e. The fraction of sp³-hybridized carbons (Fsp3) is 0.600. The molecule has 1 atom stereocenters. The number of hydrogen-bond donors (Lipinski definition) is 3. The van der Waals surface area contributed by atoms with Crippen LogP contribution >= 0.6 is 0 Å². The second kappa shape index (κ2) is 10.0. The first kappa shape index (κ1) is 23.8. The second-order valence-electron chi connectivity index (χ2n) is 12.0. The van der Waals surface area contributed by atoms with Gasteiger partial charge in [0.15, 0.2) is 0 Å². The summed E-state index contributed by atoms with van der Waals surface area (Å²) in [7, 11) is 0. The van der Waals surface area contributed by atoms with E-state index < -0.39 is 6.10 Å². The van der Waals surface area contributed by atoms with Gasteiger partial charge in [0.2, 0.25) is 0 Å². The van der Waals surface area contributed by atoms with Crippen molar-refractivity contribution in [3.63, 3.8) is 0 Å². The molecular formula is C30H42N2O2. The summed E-state index contributed by atoms with van der Waals surface area (Å²) in [4.78, 5) is 0. The molecule has 4 nitrogen and oxygen atoms in total. The lowest BCUT2D eigenvalue weighted by Crippen LogP contribution is -2.49. The molecule has 0 spiro atoms. The molecule has 4 saturated carbocycles. The zero-order chi connectivity index (χ0) is 23.6. The minimum absolute atomic E-state index is 0.0660. The van der Waals surface area contributed by atoms with E-state index in [1.807, 2.05) is 6.07 Å². The summed E-state index contributed by atoms with van der Waals surface area (Å²) in [5, 5.41) is 17.4. The van der Waals surface area contributed by atoms with E-state index in [0.717, 1.165) is 36.6 Å². The van der Waals surface area contributed by atoms with Crippen LogP contribution in [0, 0.1) is 17.8 Å². The molecule has 184 valence electrons. The van der Waals surface area contributed by atoms with Crippen LogP contribution in [0.25, 0.3) is 0 Å². The number of nitrogens with one attached hydrogen (secondary N) is 2. The van der Waals surface area contributed by atoms with Gasteiger partial charge < -0.3 is 20.5 Å². The van der Waals surface area contributed by atoms with Crippen molar-refractivity contribution < 1.29 is 9.84 Å². The topological polar surface area (TPSA) is 53.5 Å². The van der Waals surface area contributed by atoms with Crippen molar-refractivity contribution in [3.8, 4) is 5.75 Å². The molecule has 0 unspecified atom stereocenters. The lowest BCUT2D eigenvalue weighted by atomic mass is 9.48. The van der Waals surface area contributed by atoms with E-state index in [4.69, 9.17) is 4.74 Å². The maximum atomic E-state index is 10.4. The minimum Gasteiger partial charge on any atom is -0.491 e. The van der Waals surface area contributed by atoms with E-state index in [-0.39, 0.29) is 5.54 Å². The summed E-state index contributed by atoms with van der Waals surface area (Å²) in [5.74, 6) is 3.74. The Morgan fingerprint density at radius 2 is 1.56 bits per heavy atom. The Balaban J connectivity index is 1.04. The van der Waals surface area contributed by atoms with Crippen molar-refractivity contribution in [1.29, 1.82) is 0 Å². The Hall–Kier alpha value is -1.88. The van der Waals surface area contributed by atoms with Crippen LogP contribution in [0.1, 0.15) is 63.5 Å². The molecule has 0 heterocycles. The predicted molar refractivity (Wildman–Crippen MR) is 138 cm³/mol. The Bertz CT molecular complexity index is 889. The number of aliphatic hydroxyl groups excluding tert-OH is 1. The lowest BCUT2D eigenvalue weighted by molar-refractivity contribution is -0.00521. The van der Waals surface area contributed by atoms with Crippen LogP contribution in [0.4, 0.5) is 0 Å². The van der Waals surface area contributed by atoms with Crippen molar-refractivity contribution in [2.24, 2.45) is 17.8 Å². The average molecular weight is 463 g/mol. The first-order valence-corrected chi connectivity index (χ1v) is 13.3. The summed E-state index contributed by atoms with van der Waals surface area (Å²) in [6.45, 7) is 6.79. The van der Waals surface area contributed by atoms with Crippen LogP contribution in [0.2, 0.25) is 0 Å². The summed E-state index contributed by atoms with van der Waals surface area (Å²) < 4.78 is 5.92. The van der Waals surface area contributed by atoms with Gasteiger partial charge in [-0.25, -0.2) is 0 Å². The van der Waals surface area contributed by atoms with Crippen molar-refractivity contribution >= 4 is 0 Å². The van der Waals surface area contributed by atoms with E-state index in [0.29, 0.717) is 18.6 Å². The van der Waals surface area contributed by atoms with Gasteiger partial charge in [-0.3, -0.25) is 0 Å². The van der Waals surface area contributed by atoms with Crippen LogP contribution < -0.4 is 15.4 Å². The molecule has 6 rings (SSSR count). The first-order chi connectivity index (χ1) is 16.4. The molecule has 3 N–H and O–H groups in total. The molecule has 0 aliphatic heterocycles. The number of ether oxygens (including phenoxy) is 1. The molecule has 4 aliphatic rings. The number of hydrogen-bond acceptors (Lipinski definition) is 4. The van der Waals surface area contributed by atoms with Gasteiger partial charge in [-0.05, 0) is 98.8 Å². The molecule has 4 aliphatic carbocycles. The number of benzene rings is 2. The predicted octanol–water partition coefficient (Wildman–Crippen LogP) is 5.05. The highest BCUT2D eigenvalue weighted by atomic mass is 16.5. The van der Waals surface area contributed by atoms with Gasteiger partial charge in [-0.2, -0.15) is 0 Å². The zero-order valence-electron chi connectivity index (χ0n) is 20.9. The summed E-state index contributed by atoms with van der Waals surface area (Å²) in [6.07, 6.45) is 8.07. The third-order valence-electron chi connectivity index (χ3n) is 8.51. The highest BCUT2D eigenvalue weighted by Crippen LogP contribution is 2.60. The van der Waals surface area contributed by atoms with E-state index in [2.05, 4.69) is 73.0 Å². The normalized spacial score (nSPS) is 28.7. The summed E-state index contributed by atoms with van der Waals surface area (Å²) in [6, 6.07) is 19.3. The molecule has 0 saturated heterocycles. The third-order valence-corrected chi connectivity index (χ3v) is 8.51. The van der Waals surface area contributed by atoms with Crippen LogP contribution in [-0.4, -0.2) is 36.4 Å². The van der Waals surface area contributed by atoms with E-state index >= 15 is 0 Å². The maximum Gasteiger partial charge on any atom is 0.119 e. The molecule has 4 heteroatoms. The van der Waals surface area contributed by atoms with Crippen LogP contribution in [0.15, 0.2) is 54.6 Å². The smallest absolute Gasteiger partial charge is 0.119 e. The molecule has 0 amide bonds. The van der Waals surface area contributed by atoms with Crippen LogP contribution in [0.5, 0.6) is 5.75 Å². The van der Waals surface area contributed by atoms with Gasteiger partial charge in [0, 0.05) is 25.2 Å². The van der Waals surface area contributed by atoms with Gasteiger partial charge in [0.1, 0.15) is 18.5 Å². The zero-order valence-corrected chi connectivity index (χ0v) is 20.9. The number of aliphatic hydroxyl groups is 1. The highest BCUT2D eigenvalue weighted by molar-refractivity contribution is 5.34. The Kier molecular flexibility index (Phi) is 7.02. The Labute approximate surface area is 205 Å². The second-order valence-corrected chi connectivity index (χ2v) is 12.0. The molecule has 2 aromatic carbocycles. The molecular weight excluding hydrogens is 420 g/mol. The third kappa shape index (κ3) is 5.67. The average Bonchev–Trinajstić information content (AvgIpc) is 2.82. The van der Waals surface area contributed by atoms with Gasteiger partial charge in [0.25, 0.3) is 0 Å². The fourth-order valence-corrected chi connectivity index (χ4v) is 7.17. The van der Waals surface area contributed by atoms with Gasteiger partial charge in [-0.15, -0.1) is 0 Å². The van der Waals surface area contributed by atoms with Crippen molar-refractivity contribution in [3.05, 3.63) is 65.7 Å². The standard InChI is InChI=1S/C30H42N2O2/c1-29(2,32-18-22-6-4-3-5-7-22)21-31-19-27(33)20-34-28-10-8-26(9-11-28)30-15-23-12-24(16-30)14-25(13-23)17-30/h3-11,23-25,27,31-33H,12-21H2,1-2H3/t23?,24?,25?,27-,30?/m1/s1. The summed E-state index contributed by atoms with van der Waals surface area (Å²) >= 11 is 0. The molecule has 4 fully saturated rings. The van der Waals surface area contributed by atoms with Crippen LogP contribution in [0.3, 0.4) is 0 Å². The van der Waals surface area contributed by atoms with Crippen molar-refractivity contribution in [1.82, 2.24) is 10.6 Å². The van der Waals surface area contributed by atoms with Crippen molar-refractivity contribution in [2.75, 3.05) is 19.7 Å².